The van der Waals surface area contributed by atoms with E-state index in [2.05, 4.69) is 6.58 Å². The molecule has 6 atom stereocenters. The molecule has 0 amide bonds. The Bertz CT molecular complexity index is 529. The third-order valence-corrected chi connectivity index (χ3v) is 7.03. The van der Waals surface area contributed by atoms with Gasteiger partial charge in [0, 0.05) is 6.08 Å². The van der Waals surface area contributed by atoms with Gasteiger partial charge in [0.25, 0.3) is 0 Å². The van der Waals surface area contributed by atoms with Crippen molar-refractivity contribution < 1.29 is 60.2 Å². The summed E-state index contributed by atoms with van der Waals surface area (Å²) in [5.74, 6) is -0.981. The van der Waals surface area contributed by atoms with E-state index in [0.29, 0.717) is 0 Å². The Morgan fingerprint density at radius 1 is 0.667 bits per heavy atom. The second-order valence-electron chi connectivity index (χ2n) is 9.62. The Kier molecular flexibility index (Phi) is 17.1. The molecule has 0 aliphatic carbocycles. The molecular formula is C24H48O12. The first kappa shape index (κ1) is 37.0. The fourth-order valence-corrected chi connectivity index (χ4v) is 3.98. The zero-order valence-electron chi connectivity index (χ0n) is 22.2. The normalized spacial score (nSPS) is 20.4. The molecule has 0 radical (unpaired) electrons. The average molecular weight is 529 g/mol. The van der Waals surface area contributed by atoms with Gasteiger partial charge in [0.05, 0.1) is 92.5 Å². The molecule has 0 aliphatic heterocycles. The maximum absolute atomic E-state index is 10.1. The van der Waals surface area contributed by atoms with Crippen molar-refractivity contribution in [2.24, 2.45) is 16.2 Å². The van der Waals surface area contributed by atoms with Crippen LogP contribution in [0.4, 0.5) is 0 Å². The van der Waals surface area contributed by atoms with E-state index >= 15 is 0 Å². The Morgan fingerprint density at radius 3 is 1.03 bits per heavy atom. The lowest BCUT2D eigenvalue weighted by atomic mass is 9.74. The summed E-state index contributed by atoms with van der Waals surface area (Å²) in [6, 6.07) is 0. The van der Waals surface area contributed by atoms with Crippen LogP contribution in [0.1, 0.15) is 41.5 Å². The lowest BCUT2D eigenvalue weighted by Crippen LogP contribution is -2.55. The fraction of sp³-hybridized carbons (Fsp3) is 0.875. The van der Waals surface area contributed by atoms with Gasteiger partial charge in [0.15, 0.2) is 0 Å². The zero-order valence-corrected chi connectivity index (χ0v) is 22.2. The molecule has 0 aliphatic rings. The fourth-order valence-electron chi connectivity index (χ4n) is 3.98. The van der Waals surface area contributed by atoms with Crippen LogP contribution in [0.2, 0.25) is 0 Å². The summed E-state index contributed by atoms with van der Waals surface area (Å²) in [6.07, 6.45) is -5.80. The number of carbonyl (C=O) groups is 1. The number of aliphatic hydroxyl groups excluding tert-OH is 8. The van der Waals surface area contributed by atoms with Crippen LogP contribution in [0.5, 0.6) is 0 Å². The van der Waals surface area contributed by atoms with E-state index < -0.39 is 72.1 Å². The molecule has 9 N–H and O–H groups in total. The standard InChI is InChI=1S/C21H44O10.C3H4O2/c1-13(24)20(14(2)25,15(3)26)11-30-9-19(7-22,8-23)10-31-12-21(16(4)27,17(5)28)18(6)29;1-2-3(4)5/h13-18,22-29H,7-12H2,1-6H3;2H,1H2,(H,4,5). The molecule has 0 aromatic carbocycles. The van der Waals surface area contributed by atoms with Crippen molar-refractivity contribution in [1.82, 2.24) is 0 Å². The Balaban J connectivity index is 0. The van der Waals surface area contributed by atoms with E-state index in [1.54, 1.807) is 0 Å². The summed E-state index contributed by atoms with van der Waals surface area (Å²) in [5.41, 5.74) is -4.03. The van der Waals surface area contributed by atoms with Crippen molar-refractivity contribution in [2.45, 2.75) is 78.2 Å². The van der Waals surface area contributed by atoms with Gasteiger partial charge in [-0.15, -0.1) is 0 Å². The molecule has 12 heteroatoms. The highest BCUT2D eigenvalue weighted by Gasteiger charge is 2.47. The lowest BCUT2D eigenvalue weighted by molar-refractivity contribution is -0.183. The first-order valence-electron chi connectivity index (χ1n) is 11.8. The molecule has 6 unspecified atom stereocenters. The molecule has 0 spiro atoms. The van der Waals surface area contributed by atoms with Crippen molar-refractivity contribution in [3.05, 3.63) is 12.7 Å². The number of aliphatic carboxylic acids is 1. The summed E-state index contributed by atoms with van der Waals surface area (Å²) < 4.78 is 11.3. The predicted octanol–water partition coefficient (Wildman–Crippen LogP) is -1.49. The van der Waals surface area contributed by atoms with Crippen LogP contribution >= 0.6 is 0 Å². The predicted molar refractivity (Wildman–Crippen MR) is 131 cm³/mol. The summed E-state index contributed by atoms with van der Waals surface area (Å²) >= 11 is 0. The van der Waals surface area contributed by atoms with Crippen molar-refractivity contribution in [3.8, 4) is 0 Å². The van der Waals surface area contributed by atoms with E-state index in [0.717, 1.165) is 6.08 Å². The van der Waals surface area contributed by atoms with Crippen LogP contribution in [0.15, 0.2) is 12.7 Å². The van der Waals surface area contributed by atoms with Crippen LogP contribution in [-0.2, 0) is 14.3 Å². The lowest BCUT2D eigenvalue weighted by Gasteiger charge is -2.43. The van der Waals surface area contributed by atoms with Crippen molar-refractivity contribution in [2.75, 3.05) is 39.6 Å². The number of hydrogen-bond donors (Lipinski definition) is 9. The quantitative estimate of drug-likeness (QED) is 0.0986. The molecule has 36 heavy (non-hydrogen) atoms. The highest BCUT2D eigenvalue weighted by atomic mass is 16.5. The Hall–Kier alpha value is -1.19. The first-order valence-corrected chi connectivity index (χ1v) is 11.8. The van der Waals surface area contributed by atoms with Crippen LogP contribution in [0.3, 0.4) is 0 Å². The van der Waals surface area contributed by atoms with Gasteiger partial charge in [0.1, 0.15) is 0 Å². The number of aliphatic hydroxyl groups is 8. The molecule has 0 aromatic heterocycles. The molecular weight excluding hydrogens is 480 g/mol. The van der Waals surface area contributed by atoms with Gasteiger partial charge < -0.3 is 55.4 Å². The van der Waals surface area contributed by atoms with Gasteiger partial charge in [0.2, 0.25) is 0 Å². The van der Waals surface area contributed by atoms with Crippen molar-refractivity contribution in [1.29, 1.82) is 0 Å². The Morgan fingerprint density at radius 2 is 0.889 bits per heavy atom. The number of rotatable bonds is 17. The molecule has 0 fully saturated rings. The largest absolute Gasteiger partial charge is 0.478 e. The summed E-state index contributed by atoms with van der Waals surface area (Å²) in [6.45, 7) is 9.54. The van der Waals surface area contributed by atoms with Crippen LogP contribution in [0.25, 0.3) is 0 Å². The van der Waals surface area contributed by atoms with Crippen LogP contribution in [0, 0.1) is 16.2 Å². The van der Waals surface area contributed by atoms with Gasteiger partial charge in [-0.2, -0.15) is 0 Å². The van der Waals surface area contributed by atoms with Gasteiger partial charge in [-0.1, -0.05) is 6.58 Å². The molecule has 0 saturated heterocycles. The summed E-state index contributed by atoms with van der Waals surface area (Å²) in [7, 11) is 0. The highest BCUT2D eigenvalue weighted by Crippen LogP contribution is 2.34. The van der Waals surface area contributed by atoms with Gasteiger partial charge in [-0.25, -0.2) is 4.79 Å². The van der Waals surface area contributed by atoms with E-state index in [9.17, 15) is 45.6 Å². The first-order chi connectivity index (χ1) is 16.5. The minimum Gasteiger partial charge on any atom is -0.478 e. The Labute approximate surface area is 213 Å². The smallest absolute Gasteiger partial charge is 0.327 e. The van der Waals surface area contributed by atoms with Crippen LogP contribution < -0.4 is 0 Å². The summed E-state index contributed by atoms with van der Waals surface area (Å²) in [5, 5.41) is 88.2. The van der Waals surface area contributed by atoms with E-state index in [1.807, 2.05) is 0 Å². The third-order valence-electron chi connectivity index (χ3n) is 7.03. The molecule has 0 aromatic rings. The van der Waals surface area contributed by atoms with E-state index in [4.69, 9.17) is 14.6 Å². The number of carboxylic acids is 1. The SMILES string of the molecule is C=CC(=O)O.CC(O)C(COCC(CO)(CO)COCC(C(C)O)(C(C)O)C(C)O)(C(C)O)C(C)O. The van der Waals surface area contributed by atoms with Gasteiger partial charge in [-0.3, -0.25) is 0 Å². The van der Waals surface area contributed by atoms with Crippen molar-refractivity contribution >= 4 is 5.97 Å². The number of hydrogen-bond acceptors (Lipinski definition) is 11. The highest BCUT2D eigenvalue weighted by molar-refractivity contribution is 5.78. The third kappa shape index (κ3) is 9.60. The minimum absolute atomic E-state index is 0.223. The van der Waals surface area contributed by atoms with E-state index in [1.165, 1.54) is 41.5 Å². The van der Waals surface area contributed by atoms with Gasteiger partial charge >= 0.3 is 5.97 Å². The van der Waals surface area contributed by atoms with Crippen LogP contribution in [-0.4, -0.2) is 128 Å². The number of ether oxygens (including phenoxy) is 2. The maximum Gasteiger partial charge on any atom is 0.327 e. The zero-order chi connectivity index (χ0) is 28.9. The van der Waals surface area contributed by atoms with Gasteiger partial charge in [-0.05, 0) is 41.5 Å². The monoisotopic (exact) mass is 528 g/mol. The molecule has 0 rings (SSSR count). The number of carboxylic acid groups (broad SMARTS) is 1. The molecule has 216 valence electrons. The van der Waals surface area contributed by atoms with Crippen molar-refractivity contribution in [3.63, 3.8) is 0 Å². The minimum atomic E-state index is -1.38. The second kappa shape index (κ2) is 16.6. The molecule has 0 saturated carbocycles. The molecule has 0 bridgehead atoms. The average Bonchev–Trinajstić information content (AvgIpc) is 2.77. The summed E-state index contributed by atoms with van der Waals surface area (Å²) in [4.78, 5) is 9.25. The second-order valence-corrected chi connectivity index (χ2v) is 9.62. The maximum atomic E-state index is 10.1. The topological polar surface area (TPSA) is 218 Å². The molecule has 0 heterocycles. The van der Waals surface area contributed by atoms with E-state index in [-0.39, 0.29) is 26.4 Å². The molecule has 12 nitrogen and oxygen atoms in total.